The highest BCUT2D eigenvalue weighted by molar-refractivity contribution is 5.51. The van der Waals surface area contributed by atoms with Gasteiger partial charge in [0.05, 0.1) is 5.69 Å². The minimum Gasteiger partial charge on any atom is -0.488 e. The average molecular weight is 220 g/mol. The fourth-order valence-corrected chi connectivity index (χ4v) is 2.16. The number of hydrogen-bond acceptors (Lipinski definition) is 3. The SMILES string of the molecule is CC(Oc1ccccc1N)C1CCCNC1. The molecule has 0 spiro atoms. The van der Waals surface area contributed by atoms with Crippen molar-refractivity contribution < 1.29 is 4.74 Å². The Labute approximate surface area is 97.0 Å². The van der Waals surface area contributed by atoms with Crippen LogP contribution in [0, 0.1) is 5.92 Å². The molecule has 0 saturated carbocycles. The van der Waals surface area contributed by atoms with Crippen LogP contribution >= 0.6 is 0 Å². The largest absolute Gasteiger partial charge is 0.488 e. The van der Waals surface area contributed by atoms with Crippen molar-refractivity contribution in [3.05, 3.63) is 24.3 Å². The molecule has 2 unspecified atom stereocenters. The Morgan fingerprint density at radius 3 is 2.94 bits per heavy atom. The zero-order valence-corrected chi connectivity index (χ0v) is 9.78. The van der Waals surface area contributed by atoms with Gasteiger partial charge in [0.15, 0.2) is 0 Å². The third-order valence-electron chi connectivity index (χ3n) is 3.23. The van der Waals surface area contributed by atoms with Gasteiger partial charge in [-0.1, -0.05) is 12.1 Å². The van der Waals surface area contributed by atoms with Crippen LogP contribution in [0.4, 0.5) is 5.69 Å². The Bertz CT molecular complexity index is 334. The normalized spacial score (nSPS) is 22.7. The maximum atomic E-state index is 5.92. The van der Waals surface area contributed by atoms with Gasteiger partial charge in [-0.05, 0) is 38.4 Å². The van der Waals surface area contributed by atoms with E-state index < -0.39 is 0 Å². The van der Waals surface area contributed by atoms with E-state index in [-0.39, 0.29) is 6.10 Å². The van der Waals surface area contributed by atoms with Gasteiger partial charge in [0.25, 0.3) is 0 Å². The van der Waals surface area contributed by atoms with Crippen molar-refractivity contribution in [3.63, 3.8) is 0 Å². The van der Waals surface area contributed by atoms with Crippen molar-refractivity contribution in [3.8, 4) is 5.75 Å². The first-order chi connectivity index (χ1) is 7.77. The van der Waals surface area contributed by atoms with Gasteiger partial charge in [0.1, 0.15) is 11.9 Å². The van der Waals surface area contributed by atoms with Gasteiger partial charge in [0, 0.05) is 12.5 Å². The van der Waals surface area contributed by atoms with Gasteiger partial charge in [-0.2, -0.15) is 0 Å². The number of nitrogens with two attached hydrogens (primary N) is 1. The minimum absolute atomic E-state index is 0.220. The van der Waals surface area contributed by atoms with Crippen molar-refractivity contribution in [2.24, 2.45) is 5.92 Å². The van der Waals surface area contributed by atoms with Crippen molar-refractivity contribution in [1.82, 2.24) is 5.32 Å². The Morgan fingerprint density at radius 1 is 1.44 bits per heavy atom. The summed E-state index contributed by atoms with van der Waals surface area (Å²) in [6.07, 6.45) is 2.70. The standard InChI is InChI=1S/C13H20N2O/c1-10(11-5-4-8-15-9-11)16-13-7-3-2-6-12(13)14/h2-3,6-7,10-11,15H,4-5,8-9,14H2,1H3. The van der Waals surface area contributed by atoms with Crippen molar-refractivity contribution in [1.29, 1.82) is 0 Å². The Balaban J connectivity index is 1.96. The highest BCUT2D eigenvalue weighted by atomic mass is 16.5. The minimum atomic E-state index is 0.220. The molecule has 1 aliphatic rings. The number of para-hydroxylation sites is 2. The summed E-state index contributed by atoms with van der Waals surface area (Å²) in [5.74, 6) is 1.40. The Morgan fingerprint density at radius 2 is 2.25 bits per heavy atom. The summed E-state index contributed by atoms with van der Waals surface area (Å²) in [7, 11) is 0. The van der Waals surface area contributed by atoms with Crippen LogP contribution in [-0.2, 0) is 0 Å². The number of rotatable bonds is 3. The van der Waals surface area contributed by atoms with Crippen LogP contribution in [0.15, 0.2) is 24.3 Å². The molecular formula is C13H20N2O. The maximum absolute atomic E-state index is 5.92. The van der Waals surface area contributed by atoms with E-state index in [1.165, 1.54) is 12.8 Å². The second kappa shape index (κ2) is 5.21. The topological polar surface area (TPSA) is 47.3 Å². The summed E-state index contributed by atoms with van der Waals surface area (Å²) in [4.78, 5) is 0. The van der Waals surface area contributed by atoms with Crippen LogP contribution in [0.3, 0.4) is 0 Å². The molecule has 1 heterocycles. The predicted molar refractivity (Wildman–Crippen MR) is 66.5 cm³/mol. The van der Waals surface area contributed by atoms with E-state index in [0.29, 0.717) is 5.92 Å². The van der Waals surface area contributed by atoms with Crippen LogP contribution < -0.4 is 15.8 Å². The Hall–Kier alpha value is -1.22. The third kappa shape index (κ3) is 2.67. The fourth-order valence-electron chi connectivity index (χ4n) is 2.16. The lowest BCUT2D eigenvalue weighted by molar-refractivity contribution is 0.132. The van der Waals surface area contributed by atoms with E-state index in [0.717, 1.165) is 24.5 Å². The lowest BCUT2D eigenvalue weighted by Gasteiger charge is -2.29. The van der Waals surface area contributed by atoms with Crippen molar-refractivity contribution in [2.45, 2.75) is 25.9 Å². The quantitative estimate of drug-likeness (QED) is 0.766. The van der Waals surface area contributed by atoms with E-state index in [4.69, 9.17) is 10.5 Å². The first kappa shape index (κ1) is 11.3. The lowest BCUT2D eigenvalue weighted by Crippen LogP contribution is -2.37. The molecule has 0 amide bonds. The molecule has 1 aromatic rings. The van der Waals surface area contributed by atoms with Gasteiger partial charge < -0.3 is 15.8 Å². The van der Waals surface area contributed by atoms with Gasteiger partial charge in [-0.25, -0.2) is 0 Å². The Kier molecular flexibility index (Phi) is 3.67. The smallest absolute Gasteiger partial charge is 0.142 e. The van der Waals surface area contributed by atoms with E-state index >= 15 is 0 Å². The number of anilines is 1. The van der Waals surface area contributed by atoms with E-state index in [1.54, 1.807) is 0 Å². The summed E-state index contributed by atoms with van der Waals surface area (Å²) in [6, 6.07) is 7.69. The second-order valence-corrected chi connectivity index (χ2v) is 4.47. The van der Waals surface area contributed by atoms with Crippen LogP contribution in [0.25, 0.3) is 0 Å². The molecule has 16 heavy (non-hydrogen) atoms. The average Bonchev–Trinajstić information content (AvgIpc) is 2.33. The first-order valence-electron chi connectivity index (χ1n) is 5.99. The molecule has 2 rings (SSSR count). The van der Waals surface area contributed by atoms with Gasteiger partial charge in [0.2, 0.25) is 0 Å². The highest BCUT2D eigenvalue weighted by Gasteiger charge is 2.21. The molecule has 0 aliphatic carbocycles. The number of piperidine rings is 1. The van der Waals surface area contributed by atoms with Crippen LogP contribution in [0.2, 0.25) is 0 Å². The number of benzene rings is 1. The fraction of sp³-hybridized carbons (Fsp3) is 0.538. The maximum Gasteiger partial charge on any atom is 0.142 e. The van der Waals surface area contributed by atoms with Crippen LogP contribution in [0.1, 0.15) is 19.8 Å². The highest BCUT2D eigenvalue weighted by Crippen LogP contribution is 2.25. The summed E-state index contributed by atoms with van der Waals surface area (Å²) >= 11 is 0. The number of nitrogens with one attached hydrogen (secondary N) is 1. The first-order valence-corrected chi connectivity index (χ1v) is 5.99. The molecule has 0 radical (unpaired) electrons. The van der Waals surface area contributed by atoms with Crippen LogP contribution in [0.5, 0.6) is 5.75 Å². The van der Waals surface area contributed by atoms with E-state index in [2.05, 4.69) is 12.2 Å². The molecule has 0 bridgehead atoms. The summed E-state index contributed by atoms with van der Waals surface area (Å²) in [5.41, 5.74) is 6.58. The monoisotopic (exact) mass is 220 g/mol. The molecule has 3 N–H and O–H groups in total. The molecule has 1 fully saturated rings. The van der Waals surface area contributed by atoms with Crippen molar-refractivity contribution in [2.75, 3.05) is 18.8 Å². The summed E-state index contributed by atoms with van der Waals surface area (Å²) in [6.45, 7) is 4.31. The van der Waals surface area contributed by atoms with Crippen molar-refractivity contribution >= 4 is 5.69 Å². The molecule has 88 valence electrons. The number of hydrogen-bond donors (Lipinski definition) is 2. The van der Waals surface area contributed by atoms with E-state index in [1.807, 2.05) is 24.3 Å². The molecule has 3 nitrogen and oxygen atoms in total. The molecule has 1 saturated heterocycles. The summed E-state index contributed by atoms with van der Waals surface area (Å²) < 4.78 is 5.92. The zero-order valence-electron chi connectivity index (χ0n) is 9.78. The molecule has 3 heteroatoms. The molecule has 2 atom stereocenters. The van der Waals surface area contributed by atoms with Gasteiger partial charge in [-0.3, -0.25) is 0 Å². The van der Waals surface area contributed by atoms with Gasteiger partial charge >= 0.3 is 0 Å². The molecule has 0 aromatic heterocycles. The summed E-state index contributed by atoms with van der Waals surface area (Å²) in [5, 5.41) is 3.40. The molecule has 1 aromatic carbocycles. The number of ether oxygens (including phenoxy) is 1. The van der Waals surface area contributed by atoms with Crippen LogP contribution in [-0.4, -0.2) is 19.2 Å². The molecule has 1 aliphatic heterocycles. The third-order valence-corrected chi connectivity index (χ3v) is 3.23. The predicted octanol–water partition coefficient (Wildman–Crippen LogP) is 2.04. The second-order valence-electron chi connectivity index (χ2n) is 4.47. The molecular weight excluding hydrogens is 200 g/mol. The zero-order chi connectivity index (χ0) is 11.4. The van der Waals surface area contributed by atoms with E-state index in [9.17, 15) is 0 Å². The lowest BCUT2D eigenvalue weighted by atomic mass is 9.94. The van der Waals surface area contributed by atoms with Gasteiger partial charge in [-0.15, -0.1) is 0 Å². The number of nitrogen functional groups attached to an aromatic ring is 1.